The van der Waals surface area contributed by atoms with Crippen LogP contribution in [0.25, 0.3) is 21.9 Å². The number of fused-ring (bicyclic) bond motifs is 2. The minimum Gasteiger partial charge on any atom is -0.460 e. The average Bonchev–Trinajstić information content (AvgIpc) is 3.69. The Labute approximate surface area is 325 Å². The summed E-state index contributed by atoms with van der Waals surface area (Å²) in [6.45, 7) is 3.86. The van der Waals surface area contributed by atoms with E-state index in [1.807, 2.05) is 56.3 Å². The van der Waals surface area contributed by atoms with Crippen molar-refractivity contribution >= 4 is 101 Å². The van der Waals surface area contributed by atoms with Gasteiger partial charge in [-0.05, 0) is 66.7 Å². The number of nitrogens with two attached hydrogens (primary N) is 1. The molecule has 0 saturated heterocycles. The molecule has 2 aromatic heterocycles. The molecule has 3 N–H and O–H groups in total. The molecule has 0 spiro atoms. The summed E-state index contributed by atoms with van der Waals surface area (Å²) < 4.78 is 39.4. The van der Waals surface area contributed by atoms with Gasteiger partial charge in [0.05, 0.1) is 31.9 Å². The van der Waals surface area contributed by atoms with Gasteiger partial charge in [-0.3, -0.25) is 14.3 Å². The SMILES string of the molecule is CCc1oc2ccccc2c1C(=O)c1ccc(N)cc1Cl.CCc1oc2ccccc2c1C(=O)c1ccc(NS(=O)(=O)c2ccc(Cl)cc2Cl)cc1Cl. The van der Waals surface area contributed by atoms with Crippen LogP contribution in [0.1, 0.15) is 57.2 Å². The van der Waals surface area contributed by atoms with Gasteiger partial charge in [0.25, 0.3) is 10.0 Å². The molecule has 0 saturated carbocycles. The first-order valence-electron chi connectivity index (χ1n) is 16.3. The fourth-order valence-electron chi connectivity index (χ4n) is 5.84. The highest BCUT2D eigenvalue weighted by molar-refractivity contribution is 7.92. The number of sulfonamides is 1. The maximum Gasteiger partial charge on any atom is 0.263 e. The second-order valence-electron chi connectivity index (χ2n) is 11.8. The molecule has 0 unspecified atom stereocenters. The number of aryl methyl sites for hydroxylation is 2. The molecule has 5 aromatic carbocycles. The molecule has 13 heteroatoms. The Balaban J connectivity index is 0.000000198. The summed E-state index contributed by atoms with van der Waals surface area (Å²) in [6, 6.07) is 28.1. The van der Waals surface area contributed by atoms with E-state index in [-0.39, 0.29) is 37.8 Å². The van der Waals surface area contributed by atoms with Gasteiger partial charge in [0.1, 0.15) is 27.6 Å². The molecule has 8 nitrogen and oxygen atoms in total. The molecule has 2 heterocycles. The van der Waals surface area contributed by atoms with Gasteiger partial charge in [-0.2, -0.15) is 0 Å². The van der Waals surface area contributed by atoms with Gasteiger partial charge in [-0.15, -0.1) is 0 Å². The van der Waals surface area contributed by atoms with Crippen molar-refractivity contribution in [3.05, 3.63) is 157 Å². The number of hydrogen-bond donors (Lipinski definition) is 2. The average molecular weight is 809 g/mol. The Bertz CT molecular complexity index is 2650. The van der Waals surface area contributed by atoms with Crippen LogP contribution in [0.3, 0.4) is 0 Å². The van der Waals surface area contributed by atoms with Crippen molar-refractivity contribution in [2.24, 2.45) is 0 Å². The van der Waals surface area contributed by atoms with E-state index in [0.717, 1.165) is 5.39 Å². The number of para-hydroxylation sites is 2. The number of furan rings is 2. The number of carbonyl (C=O) groups excluding carboxylic acids is 2. The Kier molecular flexibility index (Phi) is 11.2. The van der Waals surface area contributed by atoms with Crippen LogP contribution in [0.2, 0.25) is 20.1 Å². The summed E-state index contributed by atoms with van der Waals surface area (Å²) in [5.74, 6) is 0.803. The number of ketones is 2. The van der Waals surface area contributed by atoms with Crippen LogP contribution in [0.5, 0.6) is 0 Å². The van der Waals surface area contributed by atoms with E-state index in [0.29, 0.717) is 73.3 Å². The number of hydrogen-bond acceptors (Lipinski definition) is 7. The third-order valence-electron chi connectivity index (χ3n) is 8.32. The van der Waals surface area contributed by atoms with Crippen LogP contribution in [0, 0.1) is 0 Å². The fourth-order valence-corrected chi connectivity index (χ4v) is 8.20. The molecular weight excluding hydrogens is 778 g/mol. The summed E-state index contributed by atoms with van der Waals surface area (Å²) in [4.78, 5) is 26.0. The van der Waals surface area contributed by atoms with Crippen molar-refractivity contribution < 1.29 is 26.8 Å². The van der Waals surface area contributed by atoms with Gasteiger partial charge >= 0.3 is 0 Å². The zero-order valence-corrected chi connectivity index (χ0v) is 32.0. The molecule has 0 atom stereocenters. The second kappa shape index (κ2) is 15.7. The van der Waals surface area contributed by atoms with Crippen molar-refractivity contribution in [3.8, 4) is 0 Å². The Hall–Kier alpha value is -4.77. The smallest absolute Gasteiger partial charge is 0.263 e. The van der Waals surface area contributed by atoms with E-state index >= 15 is 0 Å². The Morgan fingerprint density at radius 1 is 0.642 bits per heavy atom. The minimum atomic E-state index is -3.99. The first-order chi connectivity index (χ1) is 25.3. The molecule has 7 rings (SSSR count). The molecule has 0 radical (unpaired) electrons. The lowest BCUT2D eigenvalue weighted by Crippen LogP contribution is -2.14. The van der Waals surface area contributed by atoms with Crippen molar-refractivity contribution in [1.29, 1.82) is 0 Å². The summed E-state index contributed by atoms with van der Waals surface area (Å²) in [5, 5.41) is 2.27. The molecular formula is C40H30Cl4N2O6S. The predicted octanol–water partition coefficient (Wildman–Crippen LogP) is 11.4. The highest BCUT2D eigenvalue weighted by Gasteiger charge is 2.25. The van der Waals surface area contributed by atoms with E-state index in [4.69, 9.17) is 61.0 Å². The summed E-state index contributed by atoms with van der Waals surface area (Å²) in [5.41, 5.74) is 9.43. The van der Waals surface area contributed by atoms with Gasteiger partial charge in [-0.25, -0.2) is 8.42 Å². The molecule has 270 valence electrons. The molecule has 0 aliphatic heterocycles. The summed E-state index contributed by atoms with van der Waals surface area (Å²) >= 11 is 24.4. The summed E-state index contributed by atoms with van der Waals surface area (Å²) in [6.07, 6.45) is 1.18. The van der Waals surface area contributed by atoms with Crippen LogP contribution in [-0.4, -0.2) is 20.0 Å². The number of rotatable bonds is 9. The van der Waals surface area contributed by atoms with Crippen LogP contribution in [0.4, 0.5) is 11.4 Å². The molecule has 0 aliphatic rings. The Morgan fingerprint density at radius 2 is 1.15 bits per heavy atom. The first-order valence-corrected chi connectivity index (χ1v) is 19.2. The molecule has 0 aliphatic carbocycles. The van der Waals surface area contributed by atoms with Crippen LogP contribution in [0.15, 0.2) is 117 Å². The predicted molar refractivity (Wildman–Crippen MR) is 213 cm³/mol. The van der Waals surface area contributed by atoms with Crippen molar-refractivity contribution in [1.82, 2.24) is 0 Å². The molecule has 0 bridgehead atoms. The monoisotopic (exact) mass is 806 g/mol. The number of nitrogen functional groups attached to an aromatic ring is 1. The quantitative estimate of drug-likeness (QED) is 0.110. The van der Waals surface area contributed by atoms with E-state index in [9.17, 15) is 18.0 Å². The largest absolute Gasteiger partial charge is 0.460 e. The standard InChI is InChI=1S/C23H16Cl3NO4S.C17H14ClNO2/c1-2-19-22(16-5-3-4-6-20(16)31-19)23(28)15-9-8-14(12-17(15)25)27-32(29,30)21-10-7-13(24)11-18(21)26;1-2-14-16(12-5-3-4-6-15(12)21-14)17(20)11-8-7-10(19)9-13(11)18/h3-12,27H,2H2,1H3;3-9H,2,19H2,1H3. The topological polar surface area (TPSA) is 133 Å². The zero-order chi connectivity index (χ0) is 38.0. The van der Waals surface area contributed by atoms with Crippen LogP contribution < -0.4 is 10.5 Å². The van der Waals surface area contributed by atoms with Crippen molar-refractivity contribution in [2.45, 2.75) is 31.6 Å². The number of benzene rings is 5. The van der Waals surface area contributed by atoms with Crippen molar-refractivity contribution in [2.75, 3.05) is 10.5 Å². The number of carbonyl (C=O) groups is 2. The van der Waals surface area contributed by atoms with Crippen LogP contribution >= 0.6 is 46.4 Å². The Morgan fingerprint density at radius 3 is 1.64 bits per heavy atom. The molecule has 0 fully saturated rings. The first kappa shape index (κ1) is 38.0. The third kappa shape index (κ3) is 7.81. The highest BCUT2D eigenvalue weighted by atomic mass is 35.5. The van der Waals surface area contributed by atoms with Gasteiger partial charge in [0.15, 0.2) is 11.6 Å². The van der Waals surface area contributed by atoms with Crippen molar-refractivity contribution in [3.63, 3.8) is 0 Å². The normalized spacial score (nSPS) is 11.4. The summed E-state index contributed by atoms with van der Waals surface area (Å²) in [7, 11) is -3.99. The zero-order valence-electron chi connectivity index (χ0n) is 28.2. The number of anilines is 2. The van der Waals surface area contributed by atoms with E-state index in [1.54, 1.807) is 24.3 Å². The number of nitrogens with one attached hydrogen (secondary N) is 1. The lowest BCUT2D eigenvalue weighted by molar-refractivity contribution is 0.103. The maximum atomic E-state index is 13.3. The lowest BCUT2D eigenvalue weighted by atomic mass is 9.99. The van der Waals surface area contributed by atoms with E-state index in [2.05, 4.69) is 4.72 Å². The van der Waals surface area contributed by atoms with Gasteiger partial charge in [-0.1, -0.05) is 96.6 Å². The van der Waals surface area contributed by atoms with Gasteiger partial charge in [0, 0.05) is 45.5 Å². The van der Waals surface area contributed by atoms with Crippen LogP contribution in [-0.2, 0) is 22.9 Å². The molecule has 7 aromatic rings. The van der Waals surface area contributed by atoms with E-state index < -0.39 is 10.0 Å². The third-order valence-corrected chi connectivity index (χ3v) is 11.0. The second-order valence-corrected chi connectivity index (χ2v) is 15.1. The molecule has 53 heavy (non-hydrogen) atoms. The number of halogens is 4. The minimum absolute atomic E-state index is 0.0122. The molecule has 0 amide bonds. The maximum absolute atomic E-state index is 13.3. The van der Waals surface area contributed by atoms with E-state index in [1.165, 1.54) is 36.4 Å². The highest BCUT2D eigenvalue weighted by Crippen LogP contribution is 2.34. The fraction of sp³-hybridized carbons (Fsp3) is 0.100. The van der Waals surface area contributed by atoms with Gasteiger partial charge < -0.3 is 14.6 Å². The lowest BCUT2D eigenvalue weighted by Gasteiger charge is -2.11. The van der Waals surface area contributed by atoms with Gasteiger partial charge in [0.2, 0.25) is 0 Å².